The first kappa shape index (κ1) is 22.1. The fraction of sp³-hybridized carbons (Fsp3) is 0.500. The summed E-state index contributed by atoms with van der Waals surface area (Å²) in [6, 6.07) is 6.87. The summed E-state index contributed by atoms with van der Waals surface area (Å²) in [6.45, 7) is 5.73. The highest BCUT2D eigenvalue weighted by Gasteiger charge is 2.21. The predicted octanol–water partition coefficient (Wildman–Crippen LogP) is 4.59. The first-order valence-electron chi connectivity index (χ1n) is 12.0. The maximum absolute atomic E-state index is 13.7. The minimum absolute atomic E-state index is 0.137. The highest BCUT2D eigenvalue weighted by Crippen LogP contribution is 2.29. The molecule has 0 bridgehead atoms. The lowest BCUT2D eigenvalue weighted by Gasteiger charge is -2.26. The Morgan fingerprint density at radius 1 is 0.848 bits per heavy atom. The van der Waals surface area contributed by atoms with Crippen molar-refractivity contribution in [1.82, 2.24) is 15.3 Å². The van der Waals surface area contributed by atoms with Crippen molar-refractivity contribution in [1.29, 1.82) is 0 Å². The Hall–Kier alpha value is -2.74. The largest absolute Gasteiger partial charge is 0.385 e. The van der Waals surface area contributed by atoms with Gasteiger partial charge in [0.1, 0.15) is 17.5 Å². The normalized spacial score (nSPS) is 18.0. The van der Waals surface area contributed by atoms with Crippen LogP contribution in [0.25, 0.3) is 0 Å². The lowest BCUT2D eigenvalue weighted by atomic mass is 10.0. The van der Waals surface area contributed by atoms with Gasteiger partial charge in [-0.1, -0.05) is 11.6 Å². The summed E-state index contributed by atoms with van der Waals surface area (Å²) >= 11 is 5.77. The van der Waals surface area contributed by atoms with Gasteiger partial charge in [-0.05, 0) is 56.7 Å². The molecule has 0 spiro atoms. The van der Waals surface area contributed by atoms with Crippen molar-refractivity contribution in [2.24, 2.45) is 0 Å². The topological polar surface area (TPSA) is 68.3 Å². The van der Waals surface area contributed by atoms with Crippen LogP contribution < -0.4 is 25.8 Å². The highest BCUT2D eigenvalue weighted by atomic mass is 35.5. The number of nitrogens with one attached hydrogen (secondary N) is 3. The van der Waals surface area contributed by atoms with Gasteiger partial charge in [0.2, 0.25) is 5.95 Å². The predicted molar refractivity (Wildman–Crippen MR) is 133 cm³/mol. The Balaban J connectivity index is 1.18. The standard InChI is InChI=1S/C24H31ClFN7/c25-18-6-5-17(15-19(18)26)29-21-8-7-20(21)27-9-10-28-22-16-23(32-11-1-2-12-32)31-24(30-22)33-13-3-4-14-33/h5-6,15-16,27,29H,1-4,7-14H2,(H,28,30,31). The molecule has 3 heterocycles. The summed E-state index contributed by atoms with van der Waals surface area (Å²) in [7, 11) is 0. The van der Waals surface area contributed by atoms with Gasteiger partial charge >= 0.3 is 0 Å². The van der Waals surface area contributed by atoms with E-state index in [1.54, 1.807) is 12.1 Å². The molecule has 2 fully saturated rings. The zero-order valence-corrected chi connectivity index (χ0v) is 19.6. The Kier molecular flexibility index (Phi) is 6.71. The molecule has 176 valence electrons. The third-order valence-corrected chi connectivity index (χ3v) is 6.80. The molecule has 2 saturated heterocycles. The van der Waals surface area contributed by atoms with Gasteiger partial charge in [0, 0.05) is 62.4 Å². The smallest absolute Gasteiger partial charge is 0.229 e. The van der Waals surface area contributed by atoms with Crippen molar-refractivity contribution in [3.05, 3.63) is 46.5 Å². The van der Waals surface area contributed by atoms with Gasteiger partial charge in [-0.15, -0.1) is 0 Å². The Morgan fingerprint density at radius 2 is 1.55 bits per heavy atom. The van der Waals surface area contributed by atoms with Crippen LogP contribution in [0.4, 0.5) is 27.7 Å². The van der Waals surface area contributed by atoms with E-state index >= 15 is 0 Å². The molecule has 0 saturated carbocycles. The quantitative estimate of drug-likeness (QED) is 0.462. The third kappa shape index (κ3) is 5.27. The van der Waals surface area contributed by atoms with E-state index in [0.717, 1.165) is 75.4 Å². The molecule has 2 aromatic rings. The van der Waals surface area contributed by atoms with Crippen LogP contribution in [0.1, 0.15) is 38.5 Å². The summed E-state index contributed by atoms with van der Waals surface area (Å²) in [5.74, 6) is 2.35. The average molecular weight is 472 g/mol. The first-order valence-corrected chi connectivity index (χ1v) is 12.3. The molecule has 5 rings (SSSR count). The van der Waals surface area contributed by atoms with E-state index in [1.807, 2.05) is 0 Å². The van der Waals surface area contributed by atoms with E-state index in [-0.39, 0.29) is 5.02 Å². The molecular weight excluding hydrogens is 441 g/mol. The second-order valence-electron chi connectivity index (χ2n) is 8.86. The van der Waals surface area contributed by atoms with Crippen LogP contribution in [-0.4, -0.2) is 49.2 Å². The number of anilines is 4. The van der Waals surface area contributed by atoms with Crippen molar-refractivity contribution in [3.8, 4) is 0 Å². The fourth-order valence-corrected chi connectivity index (χ4v) is 4.66. The first-order chi connectivity index (χ1) is 16.2. The number of nitrogens with zero attached hydrogens (tertiary/aromatic N) is 4. The number of hydrogen-bond donors (Lipinski definition) is 3. The second-order valence-corrected chi connectivity index (χ2v) is 9.27. The summed E-state index contributed by atoms with van der Waals surface area (Å²) in [5.41, 5.74) is 2.99. The molecule has 0 radical (unpaired) electrons. The monoisotopic (exact) mass is 471 g/mol. The zero-order valence-electron chi connectivity index (χ0n) is 18.8. The molecular formula is C24H31ClFN7. The number of hydrogen-bond acceptors (Lipinski definition) is 7. The molecule has 2 aliphatic heterocycles. The van der Waals surface area contributed by atoms with Crippen molar-refractivity contribution in [2.75, 3.05) is 59.7 Å². The molecule has 3 N–H and O–H groups in total. The number of allylic oxidation sites excluding steroid dienone is 2. The van der Waals surface area contributed by atoms with Crippen LogP contribution in [0.2, 0.25) is 5.02 Å². The molecule has 0 unspecified atom stereocenters. The van der Waals surface area contributed by atoms with Gasteiger partial charge in [-0.25, -0.2) is 4.39 Å². The number of benzene rings is 1. The maximum atomic E-state index is 13.7. The van der Waals surface area contributed by atoms with Gasteiger partial charge in [0.15, 0.2) is 0 Å². The van der Waals surface area contributed by atoms with E-state index in [4.69, 9.17) is 21.6 Å². The van der Waals surface area contributed by atoms with E-state index in [9.17, 15) is 4.39 Å². The van der Waals surface area contributed by atoms with Crippen molar-refractivity contribution >= 4 is 34.9 Å². The third-order valence-electron chi connectivity index (χ3n) is 6.49. The second kappa shape index (κ2) is 10.0. The van der Waals surface area contributed by atoms with Gasteiger partial charge in [-0.2, -0.15) is 9.97 Å². The lowest BCUT2D eigenvalue weighted by Crippen LogP contribution is -2.29. The Morgan fingerprint density at radius 3 is 2.24 bits per heavy atom. The van der Waals surface area contributed by atoms with Gasteiger partial charge in [0.25, 0.3) is 0 Å². The van der Waals surface area contributed by atoms with E-state index < -0.39 is 5.82 Å². The molecule has 1 aromatic carbocycles. The molecule has 7 nitrogen and oxygen atoms in total. The molecule has 3 aliphatic rings. The van der Waals surface area contributed by atoms with Gasteiger partial charge in [-0.3, -0.25) is 0 Å². The minimum Gasteiger partial charge on any atom is -0.385 e. The molecule has 1 aromatic heterocycles. The number of aromatic nitrogens is 2. The van der Waals surface area contributed by atoms with E-state index in [1.165, 1.54) is 37.4 Å². The van der Waals surface area contributed by atoms with Crippen LogP contribution >= 0.6 is 11.6 Å². The van der Waals surface area contributed by atoms with Crippen LogP contribution in [0, 0.1) is 5.82 Å². The average Bonchev–Trinajstić information content (AvgIpc) is 3.53. The van der Waals surface area contributed by atoms with Gasteiger partial charge in [0.05, 0.1) is 5.02 Å². The molecule has 0 amide bonds. The summed E-state index contributed by atoms with van der Waals surface area (Å²) in [6.07, 6.45) is 6.80. The molecule has 1 aliphatic carbocycles. The molecule has 33 heavy (non-hydrogen) atoms. The number of rotatable bonds is 9. The Bertz CT molecular complexity index is 982. The molecule has 9 heteroatoms. The summed E-state index contributed by atoms with van der Waals surface area (Å²) in [4.78, 5) is 14.3. The van der Waals surface area contributed by atoms with Crippen molar-refractivity contribution in [3.63, 3.8) is 0 Å². The van der Waals surface area contributed by atoms with Crippen molar-refractivity contribution < 1.29 is 4.39 Å². The van der Waals surface area contributed by atoms with E-state index in [2.05, 4.69) is 31.8 Å². The number of halogens is 2. The lowest BCUT2D eigenvalue weighted by molar-refractivity contribution is 0.628. The van der Waals surface area contributed by atoms with Crippen LogP contribution in [0.15, 0.2) is 35.7 Å². The summed E-state index contributed by atoms with van der Waals surface area (Å²) < 4.78 is 13.7. The molecule has 0 atom stereocenters. The SMILES string of the molecule is Fc1cc(NC2=C(NCCNc3cc(N4CCCC4)nc(N4CCCC4)n3)CC2)ccc1Cl. The zero-order chi connectivity index (χ0) is 22.6. The fourth-order valence-electron chi connectivity index (χ4n) is 4.54. The highest BCUT2D eigenvalue weighted by molar-refractivity contribution is 6.30. The van der Waals surface area contributed by atoms with Crippen molar-refractivity contribution in [2.45, 2.75) is 38.5 Å². The van der Waals surface area contributed by atoms with Crippen LogP contribution in [0.5, 0.6) is 0 Å². The van der Waals surface area contributed by atoms with Crippen LogP contribution in [0.3, 0.4) is 0 Å². The minimum atomic E-state index is -0.410. The Labute approximate surface area is 199 Å². The van der Waals surface area contributed by atoms with Gasteiger partial charge < -0.3 is 25.8 Å². The maximum Gasteiger partial charge on any atom is 0.229 e. The van der Waals surface area contributed by atoms with Crippen LogP contribution in [-0.2, 0) is 0 Å². The van der Waals surface area contributed by atoms with E-state index in [0.29, 0.717) is 5.69 Å². The summed E-state index contributed by atoms with van der Waals surface area (Å²) in [5, 5.41) is 10.4.